The first kappa shape index (κ1) is 30.2. The number of rotatable bonds is 15. The van der Waals surface area contributed by atoms with Crippen LogP contribution >= 0.6 is 0 Å². The quantitative estimate of drug-likeness (QED) is 0.111. The van der Waals surface area contributed by atoms with Gasteiger partial charge in [0.2, 0.25) is 35.4 Å². The zero-order valence-corrected chi connectivity index (χ0v) is 19.4. The Morgan fingerprint density at radius 3 is 1.47 bits per heavy atom. The molecule has 0 aromatic rings. The maximum absolute atomic E-state index is 12.1. The molecule has 34 heavy (non-hydrogen) atoms. The molecule has 0 fully saturated rings. The summed E-state index contributed by atoms with van der Waals surface area (Å²) in [6.07, 6.45) is 0.220. The van der Waals surface area contributed by atoms with Crippen molar-refractivity contribution in [1.82, 2.24) is 31.9 Å². The van der Waals surface area contributed by atoms with E-state index in [1.807, 2.05) is 0 Å². The lowest BCUT2D eigenvalue weighted by atomic mass is 10.0. The van der Waals surface area contributed by atoms with Crippen LogP contribution in [-0.4, -0.2) is 91.3 Å². The second-order valence-corrected chi connectivity index (χ2v) is 7.63. The molecule has 192 valence electrons. The molecule has 0 spiro atoms. The van der Waals surface area contributed by atoms with Gasteiger partial charge in [0, 0.05) is 0 Å². The molecule has 0 saturated heterocycles. The number of hydrogen-bond acceptors (Lipinski definition) is 8. The minimum atomic E-state index is -1.19. The van der Waals surface area contributed by atoms with E-state index in [0.717, 1.165) is 0 Å². The van der Waals surface area contributed by atoms with Gasteiger partial charge in [-0.05, 0) is 19.3 Å². The summed E-state index contributed by atoms with van der Waals surface area (Å²) < 4.78 is 0. The van der Waals surface area contributed by atoms with Crippen molar-refractivity contribution in [3.05, 3.63) is 0 Å². The largest absolute Gasteiger partial charge is 0.480 e. The van der Waals surface area contributed by atoms with Gasteiger partial charge < -0.3 is 42.7 Å². The molecule has 0 heterocycles. The Kier molecular flexibility index (Phi) is 14.2. The molecule has 9 N–H and O–H groups in total. The molecule has 6 amide bonds. The zero-order valence-electron chi connectivity index (χ0n) is 19.4. The summed E-state index contributed by atoms with van der Waals surface area (Å²) in [5, 5.41) is 22.7. The maximum atomic E-state index is 12.1. The van der Waals surface area contributed by atoms with Crippen molar-refractivity contribution < 1.29 is 38.7 Å². The zero-order chi connectivity index (χ0) is 26.3. The summed E-state index contributed by atoms with van der Waals surface area (Å²) >= 11 is 0. The Bertz CT molecular complexity index is 772. The summed E-state index contributed by atoms with van der Waals surface area (Å²) in [4.78, 5) is 81.0. The Labute approximate surface area is 196 Å². The van der Waals surface area contributed by atoms with Gasteiger partial charge in [-0.25, -0.2) is 4.79 Å². The molecule has 0 aliphatic heterocycles. The van der Waals surface area contributed by atoms with Crippen molar-refractivity contribution in [3.8, 4) is 0 Å². The Hall–Kier alpha value is -3.75. The lowest BCUT2D eigenvalue weighted by molar-refractivity contribution is -0.142. The number of carbonyl (C=O) groups excluding carboxylic acids is 6. The van der Waals surface area contributed by atoms with E-state index in [1.54, 1.807) is 13.8 Å². The first-order valence-electron chi connectivity index (χ1n) is 10.4. The first-order valence-corrected chi connectivity index (χ1v) is 10.4. The number of carboxylic acid groups (broad SMARTS) is 1. The normalized spacial score (nSPS) is 12.0. The topological polar surface area (TPSA) is 238 Å². The molecule has 15 nitrogen and oxygen atoms in total. The Morgan fingerprint density at radius 2 is 1.09 bits per heavy atom. The number of nitrogens with two attached hydrogens (primary N) is 1. The summed E-state index contributed by atoms with van der Waals surface area (Å²) in [6.45, 7) is 2.93. The van der Waals surface area contributed by atoms with E-state index in [1.165, 1.54) is 6.92 Å². The number of nitrogens with one attached hydrogen (secondary N) is 6. The molecule has 0 radical (unpaired) electrons. The van der Waals surface area contributed by atoms with E-state index in [2.05, 4.69) is 31.9 Å². The van der Waals surface area contributed by atoms with Crippen molar-refractivity contribution in [1.29, 1.82) is 0 Å². The molecule has 0 bridgehead atoms. The molecule has 0 aliphatic rings. The van der Waals surface area contributed by atoms with Gasteiger partial charge >= 0.3 is 5.97 Å². The van der Waals surface area contributed by atoms with Crippen LogP contribution in [0.4, 0.5) is 0 Å². The maximum Gasteiger partial charge on any atom is 0.326 e. The van der Waals surface area contributed by atoms with Crippen LogP contribution < -0.4 is 37.6 Å². The van der Waals surface area contributed by atoms with Crippen LogP contribution in [0.2, 0.25) is 0 Å². The van der Waals surface area contributed by atoms with Crippen LogP contribution in [0, 0.1) is 5.92 Å². The predicted octanol–water partition coefficient (Wildman–Crippen LogP) is -4.47. The summed E-state index contributed by atoms with van der Waals surface area (Å²) in [7, 11) is 0. The van der Waals surface area contributed by atoms with E-state index >= 15 is 0 Å². The Balaban J connectivity index is 4.21. The summed E-state index contributed by atoms with van der Waals surface area (Å²) in [5.41, 5.74) is 5.06. The minimum Gasteiger partial charge on any atom is -0.480 e. The highest BCUT2D eigenvalue weighted by Gasteiger charge is 2.24. The van der Waals surface area contributed by atoms with E-state index in [4.69, 9.17) is 10.8 Å². The molecule has 0 saturated carbocycles. The molecule has 0 aromatic carbocycles. The molecular formula is C19H33N7O8. The predicted molar refractivity (Wildman–Crippen MR) is 118 cm³/mol. The molecular weight excluding hydrogens is 454 g/mol. The lowest BCUT2D eigenvalue weighted by Crippen LogP contribution is -2.52. The van der Waals surface area contributed by atoms with Crippen LogP contribution in [-0.2, 0) is 33.6 Å². The van der Waals surface area contributed by atoms with Crippen molar-refractivity contribution in [2.75, 3.05) is 32.7 Å². The summed E-state index contributed by atoms with van der Waals surface area (Å²) in [6, 6.07) is -2.14. The van der Waals surface area contributed by atoms with Gasteiger partial charge in [-0.3, -0.25) is 28.8 Å². The van der Waals surface area contributed by atoms with Gasteiger partial charge in [0.25, 0.3) is 0 Å². The number of aliphatic carboxylic acids is 1. The van der Waals surface area contributed by atoms with E-state index in [0.29, 0.717) is 0 Å². The fourth-order valence-electron chi connectivity index (χ4n) is 2.32. The molecule has 0 aromatic heterocycles. The number of hydrogen-bond donors (Lipinski definition) is 8. The highest BCUT2D eigenvalue weighted by atomic mass is 16.4. The van der Waals surface area contributed by atoms with E-state index in [-0.39, 0.29) is 25.4 Å². The van der Waals surface area contributed by atoms with Gasteiger partial charge in [-0.1, -0.05) is 13.8 Å². The molecule has 0 unspecified atom stereocenters. The molecule has 2 atom stereocenters. The van der Waals surface area contributed by atoms with Crippen LogP contribution in [0.5, 0.6) is 0 Å². The molecule has 0 rings (SSSR count). The lowest BCUT2D eigenvalue weighted by Gasteiger charge is -2.20. The number of amides is 6. The van der Waals surface area contributed by atoms with Gasteiger partial charge in [-0.2, -0.15) is 0 Å². The van der Waals surface area contributed by atoms with Crippen molar-refractivity contribution in [2.45, 2.75) is 39.3 Å². The van der Waals surface area contributed by atoms with Crippen molar-refractivity contribution >= 4 is 41.4 Å². The average molecular weight is 488 g/mol. The summed E-state index contributed by atoms with van der Waals surface area (Å²) in [5.74, 6) is -5.10. The fourth-order valence-corrected chi connectivity index (χ4v) is 2.32. The SMILES string of the molecule is CC(C)C[C@H](NC(=O)[C@H](C)NC(=O)CNC(=O)CNC(=O)CNC(=O)CNC(=O)CN)C(=O)O. The highest BCUT2D eigenvalue weighted by Crippen LogP contribution is 2.05. The number of carbonyl (C=O) groups is 7. The third-order valence-corrected chi connectivity index (χ3v) is 4.06. The van der Waals surface area contributed by atoms with Crippen LogP contribution in [0.25, 0.3) is 0 Å². The van der Waals surface area contributed by atoms with Crippen LogP contribution in [0.15, 0.2) is 0 Å². The monoisotopic (exact) mass is 487 g/mol. The van der Waals surface area contributed by atoms with Crippen molar-refractivity contribution in [2.24, 2.45) is 11.7 Å². The average Bonchev–Trinajstić information content (AvgIpc) is 2.77. The van der Waals surface area contributed by atoms with E-state index in [9.17, 15) is 33.6 Å². The molecule has 15 heteroatoms. The van der Waals surface area contributed by atoms with Gasteiger partial charge in [0.1, 0.15) is 12.1 Å². The van der Waals surface area contributed by atoms with Gasteiger partial charge in [-0.15, -0.1) is 0 Å². The van der Waals surface area contributed by atoms with Gasteiger partial charge in [0.05, 0.1) is 32.7 Å². The third-order valence-electron chi connectivity index (χ3n) is 4.06. The first-order chi connectivity index (χ1) is 15.8. The van der Waals surface area contributed by atoms with Crippen LogP contribution in [0.3, 0.4) is 0 Å². The second kappa shape index (κ2) is 16.0. The van der Waals surface area contributed by atoms with Gasteiger partial charge in [0.15, 0.2) is 0 Å². The van der Waals surface area contributed by atoms with Crippen LogP contribution in [0.1, 0.15) is 27.2 Å². The minimum absolute atomic E-state index is 0.0299. The highest BCUT2D eigenvalue weighted by molar-refractivity contribution is 5.93. The fraction of sp³-hybridized carbons (Fsp3) is 0.632. The smallest absolute Gasteiger partial charge is 0.326 e. The Morgan fingerprint density at radius 1 is 0.676 bits per heavy atom. The van der Waals surface area contributed by atoms with E-state index < -0.39 is 73.1 Å². The second-order valence-electron chi connectivity index (χ2n) is 7.63. The molecule has 0 aliphatic carbocycles. The number of carboxylic acids is 1. The standard InChI is InChI=1S/C19H33N7O8/c1-10(2)4-12(19(33)34)26-18(32)11(3)25-17(31)9-24-16(30)8-23-15(29)7-22-14(28)6-21-13(27)5-20/h10-12H,4-9,20H2,1-3H3,(H,21,27)(H,22,28)(H,23,29)(H,24,30)(H,25,31)(H,26,32)(H,33,34)/t11-,12-/m0/s1. The third kappa shape index (κ3) is 14.3. The van der Waals surface area contributed by atoms with Crippen molar-refractivity contribution in [3.63, 3.8) is 0 Å².